The molecule has 0 aliphatic heterocycles. The largest absolute Gasteiger partial charge is 0.384 e. The van der Waals surface area contributed by atoms with Gasteiger partial charge in [0.1, 0.15) is 11.5 Å². The van der Waals surface area contributed by atoms with Crippen LogP contribution in [0.2, 0.25) is 0 Å². The van der Waals surface area contributed by atoms with E-state index in [1.165, 1.54) is 0 Å². The van der Waals surface area contributed by atoms with Crippen molar-refractivity contribution in [1.29, 1.82) is 0 Å². The molecule has 17 heavy (non-hydrogen) atoms. The van der Waals surface area contributed by atoms with Gasteiger partial charge >= 0.3 is 0 Å². The summed E-state index contributed by atoms with van der Waals surface area (Å²) < 4.78 is 0. The molecule has 0 aliphatic carbocycles. The third-order valence-corrected chi connectivity index (χ3v) is 1.92. The first-order chi connectivity index (χ1) is 7.63. The van der Waals surface area contributed by atoms with E-state index < -0.39 is 0 Å². The summed E-state index contributed by atoms with van der Waals surface area (Å²) in [4.78, 5) is 26.2. The smallest absolute Gasteiger partial charge is 0.269 e. The Kier molecular flexibility index (Phi) is 6.65. The minimum Gasteiger partial charge on any atom is -0.384 e. The molecule has 0 unspecified atom stereocenters. The molecule has 1 aromatic heterocycles. The lowest BCUT2D eigenvalue weighted by Gasteiger charge is -2.04. The first-order valence-corrected chi connectivity index (χ1v) is 4.85. The first kappa shape index (κ1) is 15.2. The molecule has 0 radical (unpaired) electrons. The van der Waals surface area contributed by atoms with Crippen LogP contribution in [0.1, 0.15) is 16.9 Å². The van der Waals surface area contributed by atoms with Crippen molar-refractivity contribution < 1.29 is 9.59 Å². The summed E-state index contributed by atoms with van der Waals surface area (Å²) in [7, 11) is 1.55. The number of aromatic nitrogens is 1. The zero-order valence-electron chi connectivity index (χ0n) is 9.40. The maximum absolute atomic E-state index is 11.5. The quantitative estimate of drug-likeness (QED) is 0.705. The Morgan fingerprint density at radius 1 is 1.41 bits per heavy atom. The molecule has 1 rings (SSSR count). The molecule has 0 aliphatic rings. The molecule has 6 nitrogen and oxygen atoms in total. The molecule has 0 fully saturated rings. The molecule has 7 heteroatoms. The standard InChI is InChI=1S/C10H14N4O2.ClH/c1-12-9(15)5-6-13-10(16)7-3-2-4-8(11)14-7;/h2-4H,5-6H2,1H3,(H2,11,14)(H,12,15)(H,13,16);1H. The zero-order chi connectivity index (χ0) is 12.0. The van der Waals surface area contributed by atoms with Gasteiger partial charge in [-0.3, -0.25) is 9.59 Å². The number of amides is 2. The lowest BCUT2D eigenvalue weighted by atomic mass is 10.3. The molecule has 4 N–H and O–H groups in total. The minimum atomic E-state index is -0.337. The van der Waals surface area contributed by atoms with Crippen molar-refractivity contribution in [3.8, 4) is 0 Å². The number of halogens is 1. The summed E-state index contributed by atoms with van der Waals surface area (Å²) in [5.41, 5.74) is 5.69. The number of rotatable bonds is 4. The number of carbonyl (C=O) groups excluding carboxylic acids is 2. The van der Waals surface area contributed by atoms with Gasteiger partial charge in [0.15, 0.2) is 0 Å². The average molecular weight is 259 g/mol. The lowest BCUT2D eigenvalue weighted by Crippen LogP contribution is -2.29. The van der Waals surface area contributed by atoms with Crippen molar-refractivity contribution in [1.82, 2.24) is 15.6 Å². The second kappa shape index (κ2) is 7.45. The van der Waals surface area contributed by atoms with Gasteiger partial charge in [-0.25, -0.2) is 4.98 Å². The second-order valence-corrected chi connectivity index (χ2v) is 3.13. The summed E-state index contributed by atoms with van der Waals surface area (Å²) in [6, 6.07) is 4.81. The highest BCUT2D eigenvalue weighted by Gasteiger charge is 2.07. The highest BCUT2D eigenvalue weighted by molar-refractivity contribution is 5.92. The van der Waals surface area contributed by atoms with Crippen molar-refractivity contribution in [3.63, 3.8) is 0 Å². The number of nitrogens with zero attached hydrogens (tertiary/aromatic N) is 1. The van der Waals surface area contributed by atoms with Crippen LogP contribution < -0.4 is 16.4 Å². The number of anilines is 1. The Hall–Kier alpha value is -1.82. The Balaban J connectivity index is 0.00000256. The summed E-state index contributed by atoms with van der Waals surface area (Å²) in [6.45, 7) is 0.273. The number of pyridine rings is 1. The predicted octanol–water partition coefficient (Wildman–Crippen LogP) is -0.0485. The topological polar surface area (TPSA) is 97.1 Å². The molecule has 0 saturated heterocycles. The van der Waals surface area contributed by atoms with Crippen LogP contribution >= 0.6 is 12.4 Å². The molecule has 0 spiro atoms. The maximum Gasteiger partial charge on any atom is 0.269 e. The van der Waals surface area contributed by atoms with E-state index >= 15 is 0 Å². The lowest BCUT2D eigenvalue weighted by molar-refractivity contribution is -0.120. The molecule has 0 atom stereocenters. The van der Waals surface area contributed by atoms with Crippen LogP contribution in [0.15, 0.2) is 18.2 Å². The highest BCUT2D eigenvalue weighted by Crippen LogP contribution is 1.99. The number of hydrogen-bond donors (Lipinski definition) is 3. The van der Waals surface area contributed by atoms with Crippen LogP contribution in [0.25, 0.3) is 0 Å². The van der Waals surface area contributed by atoms with Gasteiger partial charge in [-0.05, 0) is 12.1 Å². The molecular weight excluding hydrogens is 244 g/mol. The molecule has 94 valence electrons. The second-order valence-electron chi connectivity index (χ2n) is 3.13. The van der Waals surface area contributed by atoms with E-state index in [1.807, 2.05) is 0 Å². The summed E-state index contributed by atoms with van der Waals surface area (Å²) in [5, 5.41) is 5.04. The van der Waals surface area contributed by atoms with Crippen LogP contribution in [0.3, 0.4) is 0 Å². The molecular formula is C10H15ClN4O2. The van der Waals surface area contributed by atoms with E-state index in [1.54, 1.807) is 25.2 Å². The maximum atomic E-state index is 11.5. The highest BCUT2D eigenvalue weighted by atomic mass is 35.5. The van der Waals surface area contributed by atoms with Gasteiger partial charge in [-0.15, -0.1) is 12.4 Å². The van der Waals surface area contributed by atoms with E-state index in [4.69, 9.17) is 5.73 Å². The number of nitrogen functional groups attached to an aromatic ring is 1. The first-order valence-electron chi connectivity index (χ1n) is 4.85. The van der Waals surface area contributed by atoms with Gasteiger partial charge in [-0.2, -0.15) is 0 Å². The third-order valence-electron chi connectivity index (χ3n) is 1.92. The Morgan fingerprint density at radius 3 is 2.71 bits per heavy atom. The van der Waals surface area contributed by atoms with Gasteiger partial charge in [0, 0.05) is 20.0 Å². The van der Waals surface area contributed by atoms with E-state index in [9.17, 15) is 9.59 Å². The van der Waals surface area contributed by atoms with E-state index in [-0.39, 0.29) is 42.9 Å². The Bertz CT molecular complexity index is 398. The van der Waals surface area contributed by atoms with E-state index in [2.05, 4.69) is 15.6 Å². The number of nitrogens with one attached hydrogen (secondary N) is 2. The summed E-state index contributed by atoms with van der Waals surface area (Å²) in [5.74, 6) is -0.170. The Labute approximate surface area is 105 Å². The zero-order valence-corrected chi connectivity index (χ0v) is 10.2. The third kappa shape index (κ3) is 5.17. The van der Waals surface area contributed by atoms with Crippen molar-refractivity contribution >= 4 is 30.0 Å². The van der Waals surface area contributed by atoms with Crippen LogP contribution in [-0.4, -0.2) is 30.4 Å². The molecule has 0 saturated carbocycles. The average Bonchev–Trinajstić information content (AvgIpc) is 2.28. The SMILES string of the molecule is CNC(=O)CCNC(=O)c1cccc(N)n1.Cl. The van der Waals surface area contributed by atoms with Gasteiger partial charge in [0.2, 0.25) is 5.91 Å². The Morgan fingerprint density at radius 2 is 2.12 bits per heavy atom. The van der Waals surface area contributed by atoms with Crippen molar-refractivity contribution in [3.05, 3.63) is 23.9 Å². The van der Waals surface area contributed by atoms with Gasteiger partial charge in [0.05, 0.1) is 0 Å². The summed E-state index contributed by atoms with van der Waals surface area (Å²) >= 11 is 0. The van der Waals surface area contributed by atoms with Gasteiger partial charge < -0.3 is 16.4 Å². The fourth-order valence-electron chi connectivity index (χ4n) is 1.08. The number of carbonyl (C=O) groups is 2. The molecule has 0 aromatic carbocycles. The normalized spacial score (nSPS) is 9.00. The van der Waals surface area contributed by atoms with Gasteiger partial charge in [0.25, 0.3) is 5.91 Å². The van der Waals surface area contributed by atoms with Crippen LogP contribution in [0.4, 0.5) is 5.82 Å². The molecule has 1 aromatic rings. The molecule has 2 amide bonds. The fraction of sp³-hybridized carbons (Fsp3) is 0.300. The monoisotopic (exact) mass is 258 g/mol. The van der Waals surface area contributed by atoms with Crippen molar-refractivity contribution in [2.75, 3.05) is 19.3 Å². The van der Waals surface area contributed by atoms with Gasteiger partial charge in [-0.1, -0.05) is 6.07 Å². The van der Waals surface area contributed by atoms with Crippen molar-refractivity contribution in [2.45, 2.75) is 6.42 Å². The molecule has 1 heterocycles. The fourth-order valence-corrected chi connectivity index (χ4v) is 1.08. The van der Waals surface area contributed by atoms with E-state index in [0.717, 1.165) is 0 Å². The number of hydrogen-bond acceptors (Lipinski definition) is 4. The van der Waals surface area contributed by atoms with Crippen LogP contribution in [-0.2, 0) is 4.79 Å². The van der Waals surface area contributed by atoms with Crippen molar-refractivity contribution in [2.24, 2.45) is 0 Å². The molecule has 0 bridgehead atoms. The predicted molar refractivity (Wildman–Crippen MR) is 66.9 cm³/mol. The van der Waals surface area contributed by atoms with E-state index in [0.29, 0.717) is 5.82 Å². The minimum absolute atomic E-state index is 0. The van der Waals surface area contributed by atoms with Crippen LogP contribution in [0.5, 0.6) is 0 Å². The van der Waals surface area contributed by atoms with Crippen LogP contribution in [0, 0.1) is 0 Å². The summed E-state index contributed by atoms with van der Waals surface area (Å²) in [6.07, 6.45) is 0.241. The number of nitrogens with two attached hydrogens (primary N) is 1.